The highest BCUT2D eigenvalue weighted by Crippen LogP contribution is 2.43. The third kappa shape index (κ3) is 2.23. The number of fused-ring (bicyclic) bond motifs is 1. The molecule has 0 aliphatic rings. The molecule has 2 aromatic carbocycles. The molecule has 1 heterocycles. The zero-order valence-electron chi connectivity index (χ0n) is 11.1. The van der Waals surface area contributed by atoms with Crippen molar-refractivity contribution in [3.8, 4) is 21.9 Å². The molecular weight excluding hydrogens is 292 g/mol. The smallest absolute Gasteiger partial charge is 0.120 e. The molecule has 0 bridgehead atoms. The van der Waals surface area contributed by atoms with Crippen LogP contribution in [0.25, 0.3) is 20.5 Å². The summed E-state index contributed by atoms with van der Waals surface area (Å²) in [5.74, 6) is 1.68. The van der Waals surface area contributed by atoms with Gasteiger partial charge in [-0.3, -0.25) is 0 Å². The van der Waals surface area contributed by atoms with Crippen LogP contribution in [0.4, 0.5) is 0 Å². The molecule has 2 nitrogen and oxygen atoms in total. The first-order chi connectivity index (χ1) is 9.72. The van der Waals surface area contributed by atoms with Gasteiger partial charge in [-0.05, 0) is 48.0 Å². The summed E-state index contributed by atoms with van der Waals surface area (Å²) in [5.41, 5.74) is 1.09. The van der Waals surface area contributed by atoms with Gasteiger partial charge in [-0.2, -0.15) is 0 Å². The third-order valence-electron chi connectivity index (χ3n) is 3.19. The number of ether oxygens (including phenoxy) is 2. The van der Waals surface area contributed by atoms with E-state index in [0.29, 0.717) is 0 Å². The molecule has 1 aromatic heterocycles. The first-order valence-corrected chi connectivity index (χ1v) is 7.33. The summed E-state index contributed by atoms with van der Waals surface area (Å²) in [5, 5.41) is 1.85. The summed E-state index contributed by atoms with van der Waals surface area (Å²) in [6, 6.07) is 13.9. The molecule has 4 heteroatoms. The minimum Gasteiger partial charge on any atom is -0.497 e. The van der Waals surface area contributed by atoms with Crippen molar-refractivity contribution in [1.82, 2.24) is 0 Å². The Bertz CT molecular complexity index is 747. The zero-order chi connectivity index (χ0) is 14.1. The summed E-state index contributed by atoms with van der Waals surface area (Å²) in [7, 11) is 3.33. The van der Waals surface area contributed by atoms with E-state index >= 15 is 0 Å². The zero-order valence-corrected chi connectivity index (χ0v) is 12.7. The van der Waals surface area contributed by atoms with E-state index in [1.54, 1.807) is 25.6 Å². The highest BCUT2D eigenvalue weighted by Gasteiger charge is 2.12. The fourth-order valence-electron chi connectivity index (χ4n) is 2.10. The lowest BCUT2D eigenvalue weighted by Gasteiger charge is -2.01. The van der Waals surface area contributed by atoms with Gasteiger partial charge in [0.15, 0.2) is 0 Å². The molecule has 20 heavy (non-hydrogen) atoms. The number of methoxy groups -OCH3 is 2. The molecule has 0 amide bonds. The summed E-state index contributed by atoms with van der Waals surface area (Å²) in [6.07, 6.45) is 0. The van der Waals surface area contributed by atoms with E-state index in [1.165, 1.54) is 0 Å². The van der Waals surface area contributed by atoms with Gasteiger partial charge in [-0.1, -0.05) is 11.6 Å². The van der Waals surface area contributed by atoms with Crippen molar-refractivity contribution in [3.63, 3.8) is 0 Å². The Hall–Kier alpha value is -1.71. The Morgan fingerprint density at radius 3 is 2.20 bits per heavy atom. The average molecular weight is 305 g/mol. The summed E-state index contributed by atoms with van der Waals surface area (Å²) in [6.45, 7) is 0. The molecule has 3 rings (SSSR count). The van der Waals surface area contributed by atoms with Crippen LogP contribution in [-0.4, -0.2) is 14.2 Å². The SMILES string of the molecule is COc1ccc(-c2sc3cc(OC)ccc3c2Cl)cc1. The van der Waals surface area contributed by atoms with Crippen molar-refractivity contribution < 1.29 is 9.47 Å². The number of halogens is 1. The Morgan fingerprint density at radius 1 is 0.900 bits per heavy atom. The molecule has 0 aliphatic heterocycles. The van der Waals surface area contributed by atoms with Crippen molar-refractivity contribution in [3.05, 3.63) is 47.5 Å². The van der Waals surface area contributed by atoms with Gasteiger partial charge < -0.3 is 9.47 Å². The van der Waals surface area contributed by atoms with Crippen LogP contribution in [0.15, 0.2) is 42.5 Å². The van der Waals surface area contributed by atoms with Gasteiger partial charge in [0.05, 0.1) is 24.1 Å². The molecular formula is C16H13ClO2S. The monoisotopic (exact) mass is 304 g/mol. The Balaban J connectivity index is 2.12. The second-order valence-electron chi connectivity index (χ2n) is 4.34. The minimum absolute atomic E-state index is 0.790. The van der Waals surface area contributed by atoms with Crippen LogP contribution in [0.3, 0.4) is 0 Å². The molecule has 0 spiro atoms. The maximum atomic E-state index is 6.50. The highest BCUT2D eigenvalue weighted by atomic mass is 35.5. The van der Waals surface area contributed by atoms with Gasteiger partial charge in [0.25, 0.3) is 0 Å². The van der Waals surface area contributed by atoms with Gasteiger partial charge in [0.2, 0.25) is 0 Å². The van der Waals surface area contributed by atoms with Crippen LogP contribution in [0.5, 0.6) is 11.5 Å². The molecule has 0 atom stereocenters. The normalized spacial score (nSPS) is 10.8. The maximum Gasteiger partial charge on any atom is 0.120 e. The fourth-order valence-corrected chi connectivity index (χ4v) is 3.67. The average Bonchev–Trinajstić information content (AvgIpc) is 2.84. The van der Waals surface area contributed by atoms with E-state index in [1.807, 2.05) is 42.5 Å². The molecule has 0 radical (unpaired) electrons. The van der Waals surface area contributed by atoms with E-state index in [-0.39, 0.29) is 0 Å². The van der Waals surface area contributed by atoms with Gasteiger partial charge in [0.1, 0.15) is 11.5 Å². The van der Waals surface area contributed by atoms with Crippen LogP contribution in [0.2, 0.25) is 5.02 Å². The van der Waals surface area contributed by atoms with Crippen molar-refractivity contribution in [2.45, 2.75) is 0 Å². The molecule has 0 unspecified atom stereocenters. The number of thiophene rings is 1. The van der Waals surface area contributed by atoms with Gasteiger partial charge in [-0.25, -0.2) is 0 Å². The lowest BCUT2D eigenvalue weighted by molar-refractivity contribution is 0.415. The minimum atomic E-state index is 0.790. The topological polar surface area (TPSA) is 18.5 Å². The standard InChI is InChI=1S/C16H13ClO2S/c1-18-11-5-3-10(4-6-11)16-15(17)13-8-7-12(19-2)9-14(13)20-16/h3-9H,1-2H3. The fraction of sp³-hybridized carbons (Fsp3) is 0.125. The Morgan fingerprint density at radius 2 is 1.55 bits per heavy atom. The summed E-state index contributed by atoms with van der Waals surface area (Å²) in [4.78, 5) is 1.07. The van der Waals surface area contributed by atoms with E-state index in [0.717, 1.165) is 37.0 Å². The molecule has 0 aliphatic carbocycles. The Kier molecular flexibility index (Phi) is 3.55. The second-order valence-corrected chi connectivity index (χ2v) is 5.77. The van der Waals surface area contributed by atoms with Crippen LogP contribution >= 0.6 is 22.9 Å². The third-order valence-corrected chi connectivity index (χ3v) is 4.90. The molecule has 0 saturated heterocycles. The lowest BCUT2D eigenvalue weighted by atomic mass is 10.1. The number of rotatable bonds is 3. The predicted molar refractivity (Wildman–Crippen MR) is 85.4 cm³/mol. The molecule has 102 valence electrons. The molecule has 0 fully saturated rings. The number of hydrogen-bond donors (Lipinski definition) is 0. The Labute approximate surface area is 126 Å². The van der Waals surface area contributed by atoms with E-state index in [4.69, 9.17) is 21.1 Å². The van der Waals surface area contributed by atoms with Crippen molar-refractivity contribution in [2.24, 2.45) is 0 Å². The first kappa shape index (κ1) is 13.3. The molecule has 0 N–H and O–H groups in total. The van der Waals surface area contributed by atoms with Crippen LogP contribution in [0, 0.1) is 0 Å². The van der Waals surface area contributed by atoms with Crippen molar-refractivity contribution in [2.75, 3.05) is 14.2 Å². The largest absolute Gasteiger partial charge is 0.497 e. The van der Waals surface area contributed by atoms with E-state index < -0.39 is 0 Å². The molecule has 0 saturated carbocycles. The number of hydrogen-bond acceptors (Lipinski definition) is 3. The van der Waals surface area contributed by atoms with Crippen molar-refractivity contribution >= 4 is 33.0 Å². The van der Waals surface area contributed by atoms with Gasteiger partial charge in [0, 0.05) is 10.1 Å². The van der Waals surface area contributed by atoms with E-state index in [9.17, 15) is 0 Å². The lowest BCUT2D eigenvalue weighted by Crippen LogP contribution is -1.81. The van der Waals surface area contributed by atoms with Gasteiger partial charge in [-0.15, -0.1) is 11.3 Å². The van der Waals surface area contributed by atoms with Crippen LogP contribution < -0.4 is 9.47 Å². The second kappa shape index (κ2) is 5.35. The number of benzene rings is 2. The highest BCUT2D eigenvalue weighted by molar-refractivity contribution is 7.23. The maximum absolute atomic E-state index is 6.50. The quantitative estimate of drug-likeness (QED) is 0.659. The van der Waals surface area contributed by atoms with E-state index in [2.05, 4.69) is 0 Å². The molecule has 3 aromatic rings. The summed E-state index contributed by atoms with van der Waals surface area (Å²) >= 11 is 8.17. The van der Waals surface area contributed by atoms with Gasteiger partial charge >= 0.3 is 0 Å². The summed E-state index contributed by atoms with van der Waals surface area (Å²) < 4.78 is 11.6. The predicted octanol–water partition coefficient (Wildman–Crippen LogP) is 5.24. The first-order valence-electron chi connectivity index (χ1n) is 6.13. The van der Waals surface area contributed by atoms with Crippen molar-refractivity contribution in [1.29, 1.82) is 0 Å². The van der Waals surface area contributed by atoms with Crippen LogP contribution in [0.1, 0.15) is 0 Å². The van der Waals surface area contributed by atoms with Crippen LogP contribution in [-0.2, 0) is 0 Å².